The van der Waals surface area contributed by atoms with E-state index in [1.807, 2.05) is 43.3 Å². The number of carbonyl (C=O) groups excluding carboxylic acids is 2. The Bertz CT molecular complexity index is 860. The molecule has 0 bridgehead atoms. The minimum Gasteiger partial charge on any atom is -0.342 e. The molecule has 2 aromatic carbocycles. The van der Waals surface area contributed by atoms with Crippen molar-refractivity contribution in [1.82, 2.24) is 9.80 Å². The van der Waals surface area contributed by atoms with Crippen molar-refractivity contribution in [3.63, 3.8) is 0 Å². The van der Waals surface area contributed by atoms with Crippen LogP contribution in [0, 0.1) is 6.92 Å². The maximum Gasteiger partial charge on any atom is 0.255 e. The SMILES string of the molecule is Cc1ccc(CN(C)C(=O)c2ccccc2SCC(=O)N(C)C2CCCCC2)cc1. The molecule has 0 atom stereocenters. The van der Waals surface area contributed by atoms with Crippen LogP contribution in [0.2, 0.25) is 0 Å². The van der Waals surface area contributed by atoms with Gasteiger partial charge < -0.3 is 9.80 Å². The van der Waals surface area contributed by atoms with Crippen LogP contribution >= 0.6 is 11.8 Å². The largest absolute Gasteiger partial charge is 0.342 e. The van der Waals surface area contributed by atoms with Gasteiger partial charge >= 0.3 is 0 Å². The Labute approximate surface area is 184 Å². The normalized spacial score (nSPS) is 14.4. The summed E-state index contributed by atoms with van der Waals surface area (Å²) in [4.78, 5) is 30.3. The summed E-state index contributed by atoms with van der Waals surface area (Å²) < 4.78 is 0. The Hall–Kier alpha value is -2.27. The highest BCUT2D eigenvalue weighted by Gasteiger charge is 2.23. The van der Waals surface area contributed by atoms with Crippen LogP contribution in [0.4, 0.5) is 0 Å². The lowest BCUT2D eigenvalue weighted by molar-refractivity contribution is -0.129. The Morgan fingerprint density at radius 1 is 0.967 bits per heavy atom. The number of hydrogen-bond donors (Lipinski definition) is 0. The minimum absolute atomic E-state index is 0.0215. The van der Waals surface area contributed by atoms with Crippen molar-refractivity contribution in [3.8, 4) is 0 Å². The fourth-order valence-corrected chi connectivity index (χ4v) is 4.90. The highest BCUT2D eigenvalue weighted by Crippen LogP contribution is 2.26. The van der Waals surface area contributed by atoms with Gasteiger partial charge in [0.05, 0.1) is 11.3 Å². The number of thioether (sulfide) groups is 1. The Balaban J connectivity index is 1.62. The van der Waals surface area contributed by atoms with Crippen LogP contribution in [0.3, 0.4) is 0 Å². The zero-order valence-electron chi connectivity index (χ0n) is 18.3. The molecule has 1 aliphatic carbocycles. The molecule has 0 unspecified atom stereocenters. The molecule has 1 fully saturated rings. The number of aryl methyl sites for hydroxylation is 1. The molecular weight excluding hydrogens is 392 g/mol. The van der Waals surface area contributed by atoms with Crippen LogP contribution in [0.15, 0.2) is 53.4 Å². The summed E-state index contributed by atoms with van der Waals surface area (Å²) in [6, 6.07) is 16.2. The van der Waals surface area contributed by atoms with Gasteiger partial charge in [-0.15, -0.1) is 11.8 Å². The van der Waals surface area contributed by atoms with Crippen molar-refractivity contribution in [2.75, 3.05) is 19.8 Å². The lowest BCUT2D eigenvalue weighted by atomic mass is 9.94. The highest BCUT2D eigenvalue weighted by atomic mass is 32.2. The smallest absolute Gasteiger partial charge is 0.255 e. The molecule has 5 heteroatoms. The van der Waals surface area contributed by atoms with Gasteiger partial charge in [-0.05, 0) is 37.5 Å². The monoisotopic (exact) mass is 424 g/mol. The number of benzene rings is 2. The maximum atomic E-state index is 13.1. The lowest BCUT2D eigenvalue weighted by Gasteiger charge is -2.31. The fraction of sp³-hybridized carbons (Fsp3) is 0.440. The van der Waals surface area contributed by atoms with Gasteiger partial charge in [-0.3, -0.25) is 9.59 Å². The van der Waals surface area contributed by atoms with Crippen molar-refractivity contribution in [3.05, 3.63) is 65.2 Å². The summed E-state index contributed by atoms with van der Waals surface area (Å²) in [5.74, 6) is 0.479. The minimum atomic E-state index is -0.0215. The predicted molar refractivity (Wildman–Crippen MR) is 124 cm³/mol. The van der Waals surface area contributed by atoms with Crippen LogP contribution < -0.4 is 0 Å². The second-order valence-corrected chi connectivity index (χ2v) is 9.25. The third kappa shape index (κ3) is 5.88. The molecule has 2 amide bonds. The van der Waals surface area contributed by atoms with E-state index >= 15 is 0 Å². The zero-order chi connectivity index (χ0) is 21.5. The molecule has 2 aromatic rings. The molecule has 1 aliphatic rings. The van der Waals surface area contributed by atoms with Gasteiger partial charge in [0, 0.05) is 31.6 Å². The third-order valence-corrected chi connectivity index (χ3v) is 6.93. The van der Waals surface area contributed by atoms with E-state index in [-0.39, 0.29) is 11.8 Å². The van der Waals surface area contributed by atoms with Crippen LogP contribution in [-0.2, 0) is 11.3 Å². The van der Waals surface area contributed by atoms with Gasteiger partial charge in [-0.2, -0.15) is 0 Å². The molecule has 3 rings (SSSR count). The average molecular weight is 425 g/mol. The summed E-state index contributed by atoms with van der Waals surface area (Å²) in [7, 11) is 3.75. The third-order valence-electron chi connectivity index (χ3n) is 5.87. The van der Waals surface area contributed by atoms with E-state index < -0.39 is 0 Å². The fourth-order valence-electron chi connectivity index (χ4n) is 3.93. The van der Waals surface area contributed by atoms with E-state index in [4.69, 9.17) is 0 Å². The highest BCUT2D eigenvalue weighted by molar-refractivity contribution is 8.00. The molecule has 30 heavy (non-hydrogen) atoms. The summed E-state index contributed by atoms with van der Waals surface area (Å²) in [6.45, 7) is 2.61. The number of rotatable bonds is 7. The first kappa shape index (κ1) is 22.4. The van der Waals surface area contributed by atoms with Crippen molar-refractivity contribution in [2.45, 2.75) is 56.5 Å². The molecule has 1 saturated carbocycles. The van der Waals surface area contributed by atoms with Crippen molar-refractivity contribution in [1.29, 1.82) is 0 Å². The van der Waals surface area contributed by atoms with Crippen LogP contribution in [0.1, 0.15) is 53.6 Å². The second-order valence-electron chi connectivity index (χ2n) is 8.23. The molecule has 160 valence electrons. The molecule has 0 saturated heterocycles. The van der Waals surface area contributed by atoms with E-state index in [0.717, 1.165) is 23.3 Å². The van der Waals surface area contributed by atoms with Gasteiger partial charge in [0.1, 0.15) is 0 Å². The Morgan fingerprint density at radius 2 is 1.63 bits per heavy atom. The standard InChI is InChI=1S/C25H32N2O2S/c1-19-13-15-20(16-14-19)17-26(2)25(29)22-11-7-8-12-23(22)30-18-24(28)27(3)21-9-5-4-6-10-21/h7-8,11-16,21H,4-6,9-10,17-18H2,1-3H3. The maximum absolute atomic E-state index is 13.1. The number of amides is 2. The molecule has 0 spiro atoms. The van der Waals surface area contributed by atoms with Crippen molar-refractivity contribution in [2.24, 2.45) is 0 Å². The molecule has 0 radical (unpaired) electrons. The van der Waals surface area contributed by atoms with E-state index in [1.54, 1.807) is 4.90 Å². The summed E-state index contributed by atoms with van der Waals surface area (Å²) >= 11 is 1.46. The van der Waals surface area contributed by atoms with Crippen LogP contribution in [0.5, 0.6) is 0 Å². The number of carbonyl (C=O) groups is 2. The predicted octanol–water partition coefficient (Wildman–Crippen LogP) is 5.15. The summed E-state index contributed by atoms with van der Waals surface area (Å²) in [5, 5.41) is 0. The molecule has 0 heterocycles. The van der Waals surface area contributed by atoms with Crippen molar-refractivity contribution < 1.29 is 9.59 Å². The van der Waals surface area contributed by atoms with Gasteiger partial charge in [0.2, 0.25) is 5.91 Å². The van der Waals surface area contributed by atoms with E-state index in [0.29, 0.717) is 23.9 Å². The second kappa shape index (κ2) is 10.7. The first-order valence-electron chi connectivity index (χ1n) is 10.7. The number of hydrogen-bond acceptors (Lipinski definition) is 3. The number of nitrogens with zero attached hydrogens (tertiary/aromatic N) is 2. The van der Waals surface area contributed by atoms with E-state index in [9.17, 15) is 9.59 Å². The molecule has 4 nitrogen and oxygen atoms in total. The molecule has 0 N–H and O–H groups in total. The van der Waals surface area contributed by atoms with E-state index in [1.165, 1.54) is 36.6 Å². The topological polar surface area (TPSA) is 40.6 Å². The molecule has 0 aromatic heterocycles. The Kier molecular flexibility index (Phi) is 7.97. The van der Waals surface area contributed by atoms with Crippen molar-refractivity contribution >= 4 is 23.6 Å². The van der Waals surface area contributed by atoms with Gasteiger partial charge in [0.15, 0.2) is 0 Å². The van der Waals surface area contributed by atoms with Gasteiger partial charge in [0.25, 0.3) is 5.91 Å². The molecule has 0 aliphatic heterocycles. The summed E-state index contributed by atoms with van der Waals surface area (Å²) in [5.41, 5.74) is 2.97. The van der Waals surface area contributed by atoms with Gasteiger partial charge in [-0.25, -0.2) is 0 Å². The zero-order valence-corrected chi connectivity index (χ0v) is 19.1. The quantitative estimate of drug-likeness (QED) is 0.577. The Morgan fingerprint density at radius 3 is 2.33 bits per heavy atom. The van der Waals surface area contributed by atoms with Crippen LogP contribution in [-0.4, -0.2) is 47.5 Å². The van der Waals surface area contributed by atoms with Gasteiger partial charge in [-0.1, -0.05) is 61.2 Å². The molecular formula is C25H32N2O2S. The lowest BCUT2D eigenvalue weighted by Crippen LogP contribution is -2.39. The summed E-state index contributed by atoms with van der Waals surface area (Å²) in [6.07, 6.45) is 5.90. The first-order valence-corrected chi connectivity index (χ1v) is 11.7. The first-order chi connectivity index (χ1) is 14.5. The average Bonchev–Trinajstić information content (AvgIpc) is 2.78. The van der Waals surface area contributed by atoms with Crippen LogP contribution in [0.25, 0.3) is 0 Å². The van der Waals surface area contributed by atoms with E-state index in [2.05, 4.69) is 31.2 Å².